The number of benzene rings is 1. The lowest BCUT2D eigenvalue weighted by Crippen LogP contribution is -2.15. The van der Waals surface area contributed by atoms with Crippen LogP contribution in [-0.4, -0.2) is 23.6 Å². The fourth-order valence-corrected chi connectivity index (χ4v) is 1.03. The van der Waals surface area contributed by atoms with Crippen molar-refractivity contribution in [2.24, 2.45) is 5.73 Å². The number of hydrogen-bond acceptors (Lipinski definition) is 3. The van der Waals surface area contributed by atoms with Gasteiger partial charge in [0.25, 0.3) is 0 Å². The summed E-state index contributed by atoms with van der Waals surface area (Å²) in [4.78, 5) is 0. The normalized spacial score (nSPS) is 12.1. The zero-order valence-electron chi connectivity index (χ0n) is 8.12. The predicted octanol–water partition coefficient (Wildman–Crippen LogP) is 0.763. The first kappa shape index (κ1) is 10.5. The van der Waals surface area contributed by atoms with Crippen molar-refractivity contribution < 1.29 is 5.11 Å². The molecule has 5 N–H and O–H groups in total. The summed E-state index contributed by atoms with van der Waals surface area (Å²) < 4.78 is 0. The van der Waals surface area contributed by atoms with Crippen LogP contribution in [0.1, 0.15) is 12.5 Å². The van der Waals surface area contributed by atoms with Gasteiger partial charge in [0.05, 0.1) is 6.10 Å². The molecular formula is C10H15N3O. The second-order valence-corrected chi connectivity index (χ2v) is 3.22. The summed E-state index contributed by atoms with van der Waals surface area (Å²) in [7, 11) is 0. The standard InChI is InChI=1S/C10H15N3O/c1-7(14)6-13-9-4-2-8(3-5-9)10(11)12/h2-5,7,13-14H,6H2,1H3,(H3,11,12). The number of rotatable bonds is 4. The van der Waals surface area contributed by atoms with Gasteiger partial charge in [0.1, 0.15) is 5.84 Å². The summed E-state index contributed by atoms with van der Waals surface area (Å²) in [5.41, 5.74) is 6.92. The maximum atomic E-state index is 9.04. The molecule has 4 heteroatoms. The molecule has 0 aromatic heterocycles. The summed E-state index contributed by atoms with van der Waals surface area (Å²) in [5, 5.41) is 19.3. The van der Waals surface area contributed by atoms with E-state index in [0.717, 1.165) is 5.69 Å². The van der Waals surface area contributed by atoms with Gasteiger partial charge in [0.15, 0.2) is 0 Å². The quantitative estimate of drug-likeness (QED) is 0.421. The largest absolute Gasteiger partial charge is 0.392 e. The highest BCUT2D eigenvalue weighted by molar-refractivity contribution is 5.95. The molecule has 76 valence electrons. The van der Waals surface area contributed by atoms with Crippen LogP contribution < -0.4 is 11.1 Å². The Morgan fingerprint density at radius 1 is 1.50 bits per heavy atom. The van der Waals surface area contributed by atoms with Crippen LogP contribution in [-0.2, 0) is 0 Å². The van der Waals surface area contributed by atoms with Gasteiger partial charge in [0, 0.05) is 17.8 Å². The predicted molar refractivity (Wildman–Crippen MR) is 57.6 cm³/mol. The fraction of sp³-hybridized carbons (Fsp3) is 0.300. The molecular weight excluding hydrogens is 178 g/mol. The van der Waals surface area contributed by atoms with E-state index in [4.69, 9.17) is 16.2 Å². The van der Waals surface area contributed by atoms with E-state index in [9.17, 15) is 0 Å². The zero-order valence-corrected chi connectivity index (χ0v) is 8.12. The first-order chi connectivity index (χ1) is 6.59. The van der Waals surface area contributed by atoms with Crippen LogP contribution >= 0.6 is 0 Å². The Kier molecular flexibility index (Phi) is 3.48. The van der Waals surface area contributed by atoms with Crippen molar-refractivity contribution >= 4 is 11.5 Å². The minimum atomic E-state index is -0.373. The van der Waals surface area contributed by atoms with E-state index in [0.29, 0.717) is 12.1 Å². The van der Waals surface area contributed by atoms with E-state index in [1.54, 1.807) is 19.1 Å². The Balaban J connectivity index is 2.60. The highest BCUT2D eigenvalue weighted by Crippen LogP contribution is 2.08. The summed E-state index contributed by atoms with van der Waals surface area (Å²) in [6.07, 6.45) is -0.373. The Bertz CT molecular complexity index is 306. The summed E-state index contributed by atoms with van der Waals surface area (Å²) >= 11 is 0. The molecule has 0 aliphatic heterocycles. The molecule has 1 unspecified atom stereocenters. The Morgan fingerprint density at radius 3 is 2.50 bits per heavy atom. The molecule has 14 heavy (non-hydrogen) atoms. The number of aliphatic hydroxyl groups excluding tert-OH is 1. The van der Waals surface area contributed by atoms with E-state index < -0.39 is 0 Å². The van der Waals surface area contributed by atoms with Gasteiger partial charge in [-0.05, 0) is 31.2 Å². The van der Waals surface area contributed by atoms with Crippen LogP contribution in [0.15, 0.2) is 24.3 Å². The van der Waals surface area contributed by atoms with Gasteiger partial charge in [0.2, 0.25) is 0 Å². The molecule has 1 aromatic carbocycles. The molecule has 0 aliphatic carbocycles. The monoisotopic (exact) mass is 193 g/mol. The molecule has 0 bridgehead atoms. The van der Waals surface area contributed by atoms with Crippen molar-refractivity contribution in [3.63, 3.8) is 0 Å². The molecule has 1 aromatic rings. The number of hydrogen-bond donors (Lipinski definition) is 4. The molecule has 0 radical (unpaired) electrons. The number of nitrogen functional groups attached to an aromatic ring is 1. The second-order valence-electron chi connectivity index (χ2n) is 3.22. The zero-order chi connectivity index (χ0) is 10.6. The topological polar surface area (TPSA) is 82.1 Å². The number of anilines is 1. The van der Waals surface area contributed by atoms with Crippen molar-refractivity contribution in [1.82, 2.24) is 0 Å². The Morgan fingerprint density at radius 2 is 2.07 bits per heavy atom. The van der Waals surface area contributed by atoms with Gasteiger partial charge in [-0.25, -0.2) is 0 Å². The highest BCUT2D eigenvalue weighted by atomic mass is 16.3. The molecule has 0 saturated heterocycles. The summed E-state index contributed by atoms with van der Waals surface area (Å²) in [6, 6.07) is 7.21. The van der Waals surface area contributed by atoms with Crippen molar-refractivity contribution in [3.05, 3.63) is 29.8 Å². The van der Waals surface area contributed by atoms with Gasteiger partial charge in [-0.3, -0.25) is 5.41 Å². The van der Waals surface area contributed by atoms with E-state index in [1.807, 2.05) is 12.1 Å². The molecule has 0 fully saturated rings. The van der Waals surface area contributed by atoms with Crippen LogP contribution in [0.3, 0.4) is 0 Å². The molecule has 0 spiro atoms. The molecule has 0 saturated carbocycles. The number of nitrogens with two attached hydrogens (primary N) is 1. The fourth-order valence-electron chi connectivity index (χ4n) is 1.03. The van der Waals surface area contributed by atoms with Gasteiger partial charge in [-0.2, -0.15) is 0 Å². The first-order valence-corrected chi connectivity index (χ1v) is 4.46. The van der Waals surface area contributed by atoms with Crippen molar-refractivity contribution in [3.8, 4) is 0 Å². The average Bonchev–Trinajstić information content (AvgIpc) is 2.15. The van der Waals surface area contributed by atoms with Crippen molar-refractivity contribution in [1.29, 1.82) is 5.41 Å². The molecule has 0 aliphatic rings. The smallest absolute Gasteiger partial charge is 0.122 e. The number of nitrogens with one attached hydrogen (secondary N) is 2. The molecule has 0 amide bonds. The lowest BCUT2D eigenvalue weighted by atomic mass is 10.2. The molecule has 1 atom stereocenters. The Labute approximate surface area is 83.3 Å². The van der Waals surface area contributed by atoms with Gasteiger partial charge >= 0.3 is 0 Å². The minimum Gasteiger partial charge on any atom is -0.392 e. The third-order valence-electron chi connectivity index (χ3n) is 1.80. The van der Waals surface area contributed by atoms with Crippen LogP contribution in [0.5, 0.6) is 0 Å². The molecule has 0 heterocycles. The highest BCUT2D eigenvalue weighted by Gasteiger charge is 1.98. The van der Waals surface area contributed by atoms with Gasteiger partial charge in [-0.1, -0.05) is 0 Å². The van der Waals surface area contributed by atoms with E-state index >= 15 is 0 Å². The van der Waals surface area contributed by atoms with Crippen molar-refractivity contribution in [2.75, 3.05) is 11.9 Å². The van der Waals surface area contributed by atoms with Crippen LogP contribution in [0, 0.1) is 5.41 Å². The van der Waals surface area contributed by atoms with Gasteiger partial charge < -0.3 is 16.2 Å². The second kappa shape index (κ2) is 4.62. The Hall–Kier alpha value is -1.55. The third kappa shape index (κ3) is 3.06. The van der Waals surface area contributed by atoms with Crippen molar-refractivity contribution in [2.45, 2.75) is 13.0 Å². The number of amidine groups is 1. The van der Waals surface area contributed by atoms with Crippen LogP contribution in [0.25, 0.3) is 0 Å². The summed E-state index contributed by atoms with van der Waals surface area (Å²) in [6.45, 7) is 2.23. The van der Waals surface area contributed by atoms with Crippen LogP contribution in [0.4, 0.5) is 5.69 Å². The number of aliphatic hydroxyl groups is 1. The SMILES string of the molecule is CC(O)CNc1ccc(C(=N)N)cc1. The molecule has 4 nitrogen and oxygen atoms in total. The average molecular weight is 193 g/mol. The molecule has 1 rings (SSSR count). The maximum absolute atomic E-state index is 9.04. The summed E-state index contributed by atoms with van der Waals surface area (Å²) in [5.74, 6) is 0.0621. The third-order valence-corrected chi connectivity index (χ3v) is 1.80. The maximum Gasteiger partial charge on any atom is 0.122 e. The van der Waals surface area contributed by atoms with E-state index in [2.05, 4.69) is 5.32 Å². The first-order valence-electron chi connectivity index (χ1n) is 4.46. The minimum absolute atomic E-state index is 0.0621. The lowest BCUT2D eigenvalue weighted by Gasteiger charge is -2.08. The van der Waals surface area contributed by atoms with Crippen LogP contribution in [0.2, 0.25) is 0 Å². The van der Waals surface area contributed by atoms with E-state index in [1.165, 1.54) is 0 Å². The van der Waals surface area contributed by atoms with Gasteiger partial charge in [-0.15, -0.1) is 0 Å². The lowest BCUT2D eigenvalue weighted by molar-refractivity contribution is 0.208. The van der Waals surface area contributed by atoms with E-state index in [-0.39, 0.29) is 11.9 Å².